The topological polar surface area (TPSA) is 66.8 Å². The molecule has 0 aromatic rings. The third kappa shape index (κ3) is 2.10. The predicted molar refractivity (Wildman–Crippen MR) is 88.1 cm³/mol. The zero-order valence-corrected chi connectivity index (χ0v) is 14.4. The van der Waals surface area contributed by atoms with Gasteiger partial charge in [-0.05, 0) is 31.1 Å². The third-order valence-corrected chi connectivity index (χ3v) is 6.49. The summed E-state index contributed by atoms with van der Waals surface area (Å²) in [7, 11) is 0. The van der Waals surface area contributed by atoms with Gasteiger partial charge in [-0.25, -0.2) is 0 Å². The second-order valence-electron chi connectivity index (χ2n) is 8.17. The minimum Gasteiger partial charge on any atom is -0.481 e. The molecule has 0 aromatic heterocycles. The second-order valence-corrected chi connectivity index (χ2v) is 8.17. The van der Waals surface area contributed by atoms with Crippen molar-refractivity contribution >= 4 is 11.9 Å². The van der Waals surface area contributed by atoms with E-state index in [-0.39, 0.29) is 5.91 Å². The molecule has 3 heterocycles. The van der Waals surface area contributed by atoms with Crippen LogP contribution in [0.2, 0.25) is 0 Å². The molecule has 0 aromatic carbocycles. The van der Waals surface area contributed by atoms with Crippen LogP contribution in [-0.4, -0.2) is 46.7 Å². The van der Waals surface area contributed by atoms with E-state index in [9.17, 15) is 14.7 Å². The van der Waals surface area contributed by atoms with Gasteiger partial charge in [-0.1, -0.05) is 37.6 Å². The number of carboxylic acids is 1. The summed E-state index contributed by atoms with van der Waals surface area (Å²) in [5, 5.41) is 9.53. The van der Waals surface area contributed by atoms with E-state index < -0.39 is 29.5 Å². The van der Waals surface area contributed by atoms with Crippen molar-refractivity contribution in [2.75, 3.05) is 13.1 Å². The van der Waals surface area contributed by atoms with Gasteiger partial charge in [-0.3, -0.25) is 9.59 Å². The molecule has 0 radical (unpaired) electrons. The Bertz CT molecular complexity index is 654. The minimum atomic E-state index is -0.926. The largest absolute Gasteiger partial charge is 0.481 e. The molecule has 0 saturated carbocycles. The second kappa shape index (κ2) is 5.19. The molecule has 4 rings (SSSR count). The highest BCUT2D eigenvalue weighted by molar-refractivity contribution is 5.90. The molecule has 1 N–H and O–H groups in total. The molecule has 24 heavy (non-hydrogen) atoms. The van der Waals surface area contributed by atoms with Gasteiger partial charge in [0.05, 0.1) is 18.6 Å². The molecule has 130 valence electrons. The lowest BCUT2D eigenvalue weighted by Crippen LogP contribution is -2.41. The number of hydrogen-bond donors (Lipinski definition) is 1. The van der Waals surface area contributed by atoms with Gasteiger partial charge in [0, 0.05) is 6.54 Å². The van der Waals surface area contributed by atoms with E-state index in [0.29, 0.717) is 30.8 Å². The molecule has 4 aliphatic rings. The Hall–Kier alpha value is -1.62. The summed E-state index contributed by atoms with van der Waals surface area (Å²) >= 11 is 0. The van der Waals surface area contributed by atoms with Crippen LogP contribution in [0.4, 0.5) is 0 Å². The number of carboxylic acid groups (broad SMARTS) is 1. The van der Waals surface area contributed by atoms with Crippen LogP contribution in [0.3, 0.4) is 0 Å². The Kier molecular flexibility index (Phi) is 3.43. The van der Waals surface area contributed by atoms with Crippen LogP contribution in [-0.2, 0) is 14.3 Å². The Morgan fingerprint density at radius 3 is 2.88 bits per heavy atom. The van der Waals surface area contributed by atoms with Gasteiger partial charge in [0.1, 0.15) is 11.5 Å². The number of aliphatic carboxylic acids is 1. The number of carbonyl (C=O) groups is 2. The SMILES string of the molecule is CC1=C[C@H](C)[C@H](CN2C[C@]34C=C[C@@H](O3)[C@H](C(=O)O)[C@@H]4C2=O)[C@@H](C)C1. The Morgan fingerprint density at radius 1 is 1.46 bits per heavy atom. The van der Waals surface area contributed by atoms with E-state index >= 15 is 0 Å². The van der Waals surface area contributed by atoms with E-state index in [1.807, 2.05) is 17.1 Å². The zero-order chi connectivity index (χ0) is 17.2. The van der Waals surface area contributed by atoms with Crippen molar-refractivity contribution in [3.8, 4) is 0 Å². The van der Waals surface area contributed by atoms with Crippen molar-refractivity contribution in [2.24, 2.45) is 29.6 Å². The van der Waals surface area contributed by atoms with Crippen molar-refractivity contribution in [1.29, 1.82) is 0 Å². The number of rotatable bonds is 3. The average molecular weight is 331 g/mol. The maximum absolute atomic E-state index is 13.0. The standard InChI is InChI=1S/C19H25NO4/c1-10-6-11(2)13(12(3)7-10)8-20-9-19-5-4-14(24-19)15(18(22)23)16(19)17(20)21/h4-6,11-16H,7-9H2,1-3H3,(H,22,23)/t11-,12-,13-,14+,15-,16+,19-/m0/s1. The molecule has 0 unspecified atom stereocenters. The highest BCUT2D eigenvalue weighted by Gasteiger charge is 2.67. The Morgan fingerprint density at radius 2 is 2.21 bits per heavy atom. The summed E-state index contributed by atoms with van der Waals surface area (Å²) in [6.45, 7) is 7.82. The maximum Gasteiger partial charge on any atom is 0.310 e. The lowest BCUT2D eigenvalue weighted by atomic mass is 9.75. The van der Waals surface area contributed by atoms with Crippen LogP contribution < -0.4 is 0 Å². The van der Waals surface area contributed by atoms with Gasteiger partial charge in [0.25, 0.3) is 0 Å². The molecular formula is C19H25NO4. The lowest BCUT2D eigenvalue weighted by molar-refractivity contribution is -0.148. The first-order valence-corrected chi connectivity index (χ1v) is 8.88. The number of fused-ring (bicyclic) bond motifs is 1. The molecule has 1 aliphatic carbocycles. The fraction of sp³-hybridized carbons (Fsp3) is 0.684. The van der Waals surface area contributed by atoms with Gasteiger partial charge >= 0.3 is 5.97 Å². The molecule has 1 amide bonds. The fourth-order valence-corrected chi connectivity index (χ4v) is 5.43. The smallest absolute Gasteiger partial charge is 0.310 e. The van der Waals surface area contributed by atoms with E-state index in [0.717, 1.165) is 6.42 Å². The van der Waals surface area contributed by atoms with Crippen molar-refractivity contribution in [3.63, 3.8) is 0 Å². The third-order valence-electron chi connectivity index (χ3n) is 6.49. The van der Waals surface area contributed by atoms with Crippen molar-refractivity contribution < 1.29 is 19.4 Å². The molecule has 1 spiro atoms. The minimum absolute atomic E-state index is 0.0417. The molecule has 2 bridgehead atoms. The normalized spacial score (nSPS) is 46.4. The molecule has 5 nitrogen and oxygen atoms in total. The highest BCUT2D eigenvalue weighted by atomic mass is 16.5. The van der Waals surface area contributed by atoms with Gasteiger partial charge in [-0.15, -0.1) is 0 Å². The molecule has 3 aliphatic heterocycles. The molecule has 2 fully saturated rings. The number of ether oxygens (including phenoxy) is 1. The number of allylic oxidation sites excluding steroid dienone is 2. The zero-order valence-electron chi connectivity index (χ0n) is 14.4. The number of amides is 1. The van der Waals surface area contributed by atoms with Crippen LogP contribution in [0, 0.1) is 29.6 Å². The Balaban J connectivity index is 1.56. The molecule has 2 saturated heterocycles. The van der Waals surface area contributed by atoms with Crippen molar-refractivity contribution in [1.82, 2.24) is 4.90 Å². The van der Waals surface area contributed by atoms with Crippen molar-refractivity contribution in [3.05, 3.63) is 23.8 Å². The van der Waals surface area contributed by atoms with Gasteiger partial charge in [-0.2, -0.15) is 0 Å². The van der Waals surface area contributed by atoms with E-state index in [2.05, 4.69) is 26.8 Å². The van der Waals surface area contributed by atoms with Crippen LogP contribution in [0.5, 0.6) is 0 Å². The number of carbonyl (C=O) groups excluding carboxylic acids is 1. The van der Waals surface area contributed by atoms with Crippen LogP contribution in [0.15, 0.2) is 23.8 Å². The monoisotopic (exact) mass is 331 g/mol. The van der Waals surface area contributed by atoms with Crippen LogP contribution >= 0.6 is 0 Å². The quantitative estimate of drug-likeness (QED) is 0.804. The summed E-state index contributed by atoms with van der Waals surface area (Å²) in [4.78, 5) is 26.5. The van der Waals surface area contributed by atoms with Gasteiger partial charge in [0.2, 0.25) is 5.91 Å². The first-order valence-electron chi connectivity index (χ1n) is 8.88. The first-order chi connectivity index (χ1) is 11.3. The summed E-state index contributed by atoms with van der Waals surface area (Å²) < 4.78 is 5.95. The van der Waals surface area contributed by atoms with E-state index in [1.165, 1.54) is 5.57 Å². The highest BCUT2D eigenvalue weighted by Crippen LogP contribution is 2.52. The van der Waals surface area contributed by atoms with E-state index in [4.69, 9.17) is 4.74 Å². The average Bonchev–Trinajstić information content (AvgIpc) is 3.11. The predicted octanol–water partition coefficient (Wildman–Crippen LogP) is 2.09. The number of nitrogens with zero attached hydrogens (tertiary/aromatic N) is 1. The van der Waals surface area contributed by atoms with Crippen LogP contribution in [0.25, 0.3) is 0 Å². The Labute approximate surface area is 142 Å². The number of likely N-dealkylation sites (tertiary alicyclic amines) is 1. The van der Waals surface area contributed by atoms with Gasteiger partial charge < -0.3 is 14.7 Å². The van der Waals surface area contributed by atoms with Crippen molar-refractivity contribution in [2.45, 2.75) is 38.9 Å². The molecule has 5 heteroatoms. The summed E-state index contributed by atoms with van der Waals surface area (Å²) in [6.07, 6.45) is 6.69. The first kappa shape index (κ1) is 15.9. The number of hydrogen-bond acceptors (Lipinski definition) is 3. The van der Waals surface area contributed by atoms with Crippen LogP contribution in [0.1, 0.15) is 27.2 Å². The van der Waals surface area contributed by atoms with Gasteiger partial charge in [0.15, 0.2) is 0 Å². The summed E-state index contributed by atoms with van der Waals surface area (Å²) in [6, 6.07) is 0. The van der Waals surface area contributed by atoms with E-state index in [1.54, 1.807) is 0 Å². The maximum atomic E-state index is 13.0. The molecule has 7 atom stereocenters. The lowest BCUT2D eigenvalue weighted by Gasteiger charge is -2.36. The fourth-order valence-electron chi connectivity index (χ4n) is 5.43. The summed E-state index contributed by atoms with van der Waals surface area (Å²) in [5.41, 5.74) is 0.711. The molecular weight excluding hydrogens is 306 g/mol. The summed E-state index contributed by atoms with van der Waals surface area (Å²) in [5.74, 6) is -0.893.